The topological polar surface area (TPSA) is 29.9 Å². The highest BCUT2D eigenvalue weighted by Crippen LogP contribution is 2.29. The Bertz CT molecular complexity index is 537. The Balaban J connectivity index is 2.11. The summed E-state index contributed by atoms with van der Waals surface area (Å²) < 4.78 is 2.80. The van der Waals surface area contributed by atoms with Crippen molar-refractivity contribution in [3.8, 4) is 0 Å². The standard InChI is InChI=1S/C12H13BrClN3/c1-8-3-10(13)12(4-11(8)14)15-5-9-6-16-17(2)7-9/h3-4,6-7,15H,5H2,1-2H3. The Labute approximate surface area is 114 Å². The molecular weight excluding hydrogens is 302 g/mol. The summed E-state index contributed by atoms with van der Waals surface area (Å²) in [5.74, 6) is 0. The van der Waals surface area contributed by atoms with Crippen molar-refractivity contribution in [3.05, 3.63) is 45.1 Å². The van der Waals surface area contributed by atoms with Crippen LogP contribution in [0.3, 0.4) is 0 Å². The first kappa shape index (κ1) is 12.5. The van der Waals surface area contributed by atoms with Crippen LogP contribution in [0.25, 0.3) is 0 Å². The fraction of sp³-hybridized carbons (Fsp3) is 0.250. The molecule has 0 saturated heterocycles. The number of rotatable bonds is 3. The van der Waals surface area contributed by atoms with Crippen molar-refractivity contribution < 1.29 is 0 Å². The fourth-order valence-electron chi connectivity index (χ4n) is 1.54. The highest BCUT2D eigenvalue weighted by Gasteiger charge is 2.04. The molecule has 0 spiro atoms. The molecule has 2 rings (SSSR count). The van der Waals surface area contributed by atoms with Crippen molar-refractivity contribution in [3.63, 3.8) is 0 Å². The van der Waals surface area contributed by atoms with E-state index in [1.807, 2.05) is 38.5 Å². The number of aryl methyl sites for hydroxylation is 2. The van der Waals surface area contributed by atoms with Gasteiger partial charge in [0.05, 0.1) is 11.9 Å². The lowest BCUT2D eigenvalue weighted by Gasteiger charge is -2.09. The molecule has 0 aliphatic carbocycles. The van der Waals surface area contributed by atoms with E-state index in [2.05, 4.69) is 26.3 Å². The lowest BCUT2D eigenvalue weighted by molar-refractivity contribution is 0.767. The maximum atomic E-state index is 6.09. The summed E-state index contributed by atoms with van der Waals surface area (Å²) >= 11 is 9.61. The van der Waals surface area contributed by atoms with Gasteiger partial charge in [0.1, 0.15) is 0 Å². The molecule has 17 heavy (non-hydrogen) atoms. The lowest BCUT2D eigenvalue weighted by atomic mass is 10.2. The van der Waals surface area contributed by atoms with Crippen LogP contribution in [-0.2, 0) is 13.6 Å². The van der Waals surface area contributed by atoms with Gasteiger partial charge < -0.3 is 5.32 Å². The summed E-state index contributed by atoms with van der Waals surface area (Å²) in [6.07, 6.45) is 3.83. The third-order valence-electron chi connectivity index (χ3n) is 2.49. The van der Waals surface area contributed by atoms with Gasteiger partial charge in [-0.15, -0.1) is 0 Å². The van der Waals surface area contributed by atoms with Crippen LogP contribution >= 0.6 is 27.5 Å². The number of aromatic nitrogens is 2. The molecule has 0 fully saturated rings. The van der Waals surface area contributed by atoms with Gasteiger partial charge in [0.25, 0.3) is 0 Å². The van der Waals surface area contributed by atoms with Crippen LogP contribution in [0.5, 0.6) is 0 Å². The third kappa shape index (κ3) is 3.01. The first-order valence-corrected chi connectivity index (χ1v) is 6.40. The third-order valence-corrected chi connectivity index (χ3v) is 3.55. The van der Waals surface area contributed by atoms with Crippen molar-refractivity contribution in [2.24, 2.45) is 7.05 Å². The van der Waals surface area contributed by atoms with E-state index in [4.69, 9.17) is 11.6 Å². The molecule has 90 valence electrons. The molecule has 1 heterocycles. The first-order chi connectivity index (χ1) is 8.06. The van der Waals surface area contributed by atoms with E-state index < -0.39 is 0 Å². The lowest BCUT2D eigenvalue weighted by Crippen LogP contribution is -1.99. The van der Waals surface area contributed by atoms with Crippen molar-refractivity contribution in [2.75, 3.05) is 5.32 Å². The van der Waals surface area contributed by atoms with E-state index >= 15 is 0 Å². The number of nitrogens with one attached hydrogen (secondary N) is 1. The Hall–Kier alpha value is -1.000. The molecule has 1 aromatic heterocycles. The van der Waals surface area contributed by atoms with Gasteiger partial charge in [-0.3, -0.25) is 4.68 Å². The molecule has 0 amide bonds. The van der Waals surface area contributed by atoms with Crippen LogP contribution in [0.15, 0.2) is 29.0 Å². The van der Waals surface area contributed by atoms with Gasteiger partial charge in [-0.05, 0) is 40.5 Å². The maximum Gasteiger partial charge on any atom is 0.0539 e. The van der Waals surface area contributed by atoms with Gasteiger partial charge in [0.15, 0.2) is 0 Å². The Morgan fingerprint density at radius 2 is 2.24 bits per heavy atom. The zero-order valence-electron chi connectivity index (χ0n) is 9.67. The van der Waals surface area contributed by atoms with E-state index in [9.17, 15) is 0 Å². The molecule has 0 saturated carbocycles. The highest BCUT2D eigenvalue weighted by atomic mass is 79.9. The molecule has 5 heteroatoms. The molecule has 0 atom stereocenters. The van der Waals surface area contributed by atoms with Crippen molar-refractivity contribution in [1.82, 2.24) is 9.78 Å². The average molecular weight is 315 g/mol. The van der Waals surface area contributed by atoms with Crippen molar-refractivity contribution in [2.45, 2.75) is 13.5 Å². The molecule has 0 bridgehead atoms. The fourth-order valence-corrected chi connectivity index (χ4v) is 2.30. The van der Waals surface area contributed by atoms with E-state index in [1.165, 1.54) is 0 Å². The molecule has 0 unspecified atom stereocenters. The largest absolute Gasteiger partial charge is 0.380 e. The van der Waals surface area contributed by atoms with Gasteiger partial charge in [-0.1, -0.05) is 11.6 Å². The Kier molecular flexibility index (Phi) is 3.74. The summed E-state index contributed by atoms with van der Waals surface area (Å²) in [5.41, 5.74) is 3.19. The van der Waals surface area contributed by atoms with Crippen LogP contribution in [0, 0.1) is 6.92 Å². The average Bonchev–Trinajstić information content (AvgIpc) is 2.68. The second-order valence-corrected chi connectivity index (χ2v) is 5.22. The predicted octanol–water partition coefficient (Wildman–Crippen LogP) is 3.76. The van der Waals surface area contributed by atoms with E-state index in [0.717, 1.165) is 32.9 Å². The molecule has 0 aliphatic heterocycles. The van der Waals surface area contributed by atoms with Crippen molar-refractivity contribution in [1.29, 1.82) is 0 Å². The number of benzene rings is 1. The molecule has 1 N–H and O–H groups in total. The summed E-state index contributed by atoms with van der Waals surface area (Å²) in [6, 6.07) is 3.94. The first-order valence-electron chi connectivity index (χ1n) is 5.23. The van der Waals surface area contributed by atoms with Gasteiger partial charge in [-0.2, -0.15) is 5.10 Å². The maximum absolute atomic E-state index is 6.09. The molecule has 3 nitrogen and oxygen atoms in total. The molecule has 0 radical (unpaired) electrons. The van der Waals surface area contributed by atoms with Crippen LogP contribution in [0.2, 0.25) is 5.02 Å². The van der Waals surface area contributed by atoms with Gasteiger partial charge in [0.2, 0.25) is 0 Å². The summed E-state index contributed by atoms with van der Waals surface area (Å²) in [4.78, 5) is 0. The minimum Gasteiger partial charge on any atom is -0.380 e. The van der Waals surface area contributed by atoms with E-state index in [0.29, 0.717) is 0 Å². The minimum atomic E-state index is 0.728. The van der Waals surface area contributed by atoms with Crippen molar-refractivity contribution >= 4 is 33.2 Å². The molecule has 1 aromatic carbocycles. The summed E-state index contributed by atoms with van der Waals surface area (Å²) in [6.45, 7) is 2.71. The van der Waals surface area contributed by atoms with Crippen LogP contribution < -0.4 is 5.32 Å². The normalized spacial score (nSPS) is 10.6. The van der Waals surface area contributed by atoms with Gasteiger partial charge in [-0.25, -0.2) is 0 Å². The van der Waals surface area contributed by atoms with Crippen LogP contribution in [-0.4, -0.2) is 9.78 Å². The number of hydrogen-bond donors (Lipinski definition) is 1. The minimum absolute atomic E-state index is 0.728. The molecular formula is C12H13BrClN3. The highest BCUT2D eigenvalue weighted by molar-refractivity contribution is 9.10. The predicted molar refractivity (Wildman–Crippen MR) is 74.4 cm³/mol. The quantitative estimate of drug-likeness (QED) is 0.935. The SMILES string of the molecule is Cc1cc(Br)c(NCc2cnn(C)c2)cc1Cl. The van der Waals surface area contributed by atoms with E-state index in [-0.39, 0.29) is 0 Å². The Morgan fingerprint density at radius 1 is 1.47 bits per heavy atom. The number of nitrogens with zero attached hydrogens (tertiary/aromatic N) is 2. The smallest absolute Gasteiger partial charge is 0.0539 e. The Morgan fingerprint density at radius 3 is 2.88 bits per heavy atom. The number of anilines is 1. The van der Waals surface area contributed by atoms with Gasteiger partial charge in [0, 0.05) is 34.8 Å². The van der Waals surface area contributed by atoms with Gasteiger partial charge >= 0.3 is 0 Å². The van der Waals surface area contributed by atoms with Crippen LogP contribution in [0.4, 0.5) is 5.69 Å². The second kappa shape index (κ2) is 5.10. The summed E-state index contributed by atoms with van der Waals surface area (Å²) in [5, 5.41) is 8.21. The summed E-state index contributed by atoms with van der Waals surface area (Å²) in [7, 11) is 1.90. The second-order valence-electron chi connectivity index (χ2n) is 3.96. The zero-order valence-corrected chi connectivity index (χ0v) is 12.0. The molecule has 2 aromatic rings. The number of halogens is 2. The number of hydrogen-bond acceptors (Lipinski definition) is 2. The van der Waals surface area contributed by atoms with Crippen LogP contribution in [0.1, 0.15) is 11.1 Å². The zero-order chi connectivity index (χ0) is 12.4. The van der Waals surface area contributed by atoms with E-state index in [1.54, 1.807) is 4.68 Å². The molecule has 0 aliphatic rings. The monoisotopic (exact) mass is 313 g/mol.